The fourth-order valence-electron chi connectivity index (χ4n) is 1.96. The van der Waals surface area contributed by atoms with Crippen LogP contribution in [0.3, 0.4) is 0 Å². The highest BCUT2D eigenvalue weighted by molar-refractivity contribution is 7.98. The van der Waals surface area contributed by atoms with Gasteiger partial charge in [-0.15, -0.1) is 11.8 Å². The molecule has 0 aromatic heterocycles. The lowest BCUT2D eigenvalue weighted by molar-refractivity contribution is 0.102. The highest BCUT2D eigenvalue weighted by Crippen LogP contribution is 2.28. The van der Waals surface area contributed by atoms with E-state index < -0.39 is 0 Å². The van der Waals surface area contributed by atoms with Gasteiger partial charge in [0.15, 0.2) is 11.5 Å². The molecule has 1 amide bonds. The minimum atomic E-state index is -0.182. The zero-order chi connectivity index (χ0) is 15.9. The maximum atomic E-state index is 12.3. The molecule has 2 aromatic carbocycles. The van der Waals surface area contributed by atoms with Crippen molar-refractivity contribution in [3.8, 4) is 11.5 Å². The van der Waals surface area contributed by atoms with E-state index in [-0.39, 0.29) is 5.91 Å². The number of amides is 1. The first kappa shape index (κ1) is 16.2. The lowest BCUT2D eigenvalue weighted by Gasteiger charge is -2.11. The van der Waals surface area contributed by atoms with Gasteiger partial charge in [-0.1, -0.05) is 0 Å². The molecule has 2 rings (SSSR count). The van der Waals surface area contributed by atoms with E-state index in [1.54, 1.807) is 37.1 Å². The lowest BCUT2D eigenvalue weighted by Crippen LogP contribution is -2.12. The summed E-state index contributed by atoms with van der Waals surface area (Å²) >= 11 is 1.66. The Balaban J connectivity index is 2.14. The number of ether oxygens (including phenoxy) is 2. The van der Waals surface area contributed by atoms with Crippen LogP contribution in [0.15, 0.2) is 47.4 Å². The van der Waals surface area contributed by atoms with Crippen molar-refractivity contribution >= 4 is 23.4 Å². The van der Waals surface area contributed by atoms with E-state index in [0.29, 0.717) is 23.7 Å². The monoisotopic (exact) mass is 317 g/mol. The molecule has 0 aliphatic carbocycles. The topological polar surface area (TPSA) is 47.6 Å². The number of hydrogen-bond donors (Lipinski definition) is 1. The normalized spacial score (nSPS) is 10.1. The number of anilines is 1. The maximum absolute atomic E-state index is 12.3. The van der Waals surface area contributed by atoms with Crippen LogP contribution in [0.25, 0.3) is 0 Å². The van der Waals surface area contributed by atoms with Gasteiger partial charge in [-0.05, 0) is 55.6 Å². The minimum absolute atomic E-state index is 0.182. The molecule has 0 aliphatic heterocycles. The number of carbonyl (C=O) groups is 1. The smallest absolute Gasteiger partial charge is 0.255 e. The van der Waals surface area contributed by atoms with Crippen LogP contribution < -0.4 is 14.8 Å². The van der Waals surface area contributed by atoms with Crippen molar-refractivity contribution in [2.45, 2.75) is 11.8 Å². The SMILES string of the molecule is CCOc1ccc(C(=O)Nc2ccc(SC)cc2)cc1OC. The van der Waals surface area contributed by atoms with Crippen LogP contribution in [0.4, 0.5) is 5.69 Å². The number of carbonyl (C=O) groups excluding carboxylic acids is 1. The molecule has 2 aromatic rings. The number of thioether (sulfide) groups is 1. The third-order valence-corrected chi connectivity index (χ3v) is 3.82. The van der Waals surface area contributed by atoms with Crippen molar-refractivity contribution in [2.24, 2.45) is 0 Å². The van der Waals surface area contributed by atoms with Crippen molar-refractivity contribution in [1.82, 2.24) is 0 Å². The number of nitrogens with one attached hydrogen (secondary N) is 1. The second-order valence-electron chi connectivity index (χ2n) is 4.48. The maximum Gasteiger partial charge on any atom is 0.255 e. The Hall–Kier alpha value is -2.14. The Morgan fingerprint density at radius 1 is 1.14 bits per heavy atom. The molecular formula is C17H19NO3S. The average molecular weight is 317 g/mol. The van der Waals surface area contributed by atoms with Gasteiger partial charge in [0.25, 0.3) is 5.91 Å². The molecule has 4 nitrogen and oxygen atoms in total. The molecule has 5 heteroatoms. The third kappa shape index (κ3) is 3.95. The van der Waals surface area contributed by atoms with E-state index in [9.17, 15) is 4.79 Å². The summed E-state index contributed by atoms with van der Waals surface area (Å²) in [7, 11) is 1.56. The lowest BCUT2D eigenvalue weighted by atomic mass is 10.2. The van der Waals surface area contributed by atoms with E-state index >= 15 is 0 Å². The first-order chi connectivity index (χ1) is 10.7. The number of benzene rings is 2. The third-order valence-electron chi connectivity index (χ3n) is 3.07. The zero-order valence-corrected chi connectivity index (χ0v) is 13.7. The van der Waals surface area contributed by atoms with Crippen LogP contribution in [0.2, 0.25) is 0 Å². The van der Waals surface area contributed by atoms with Crippen LogP contribution in [-0.4, -0.2) is 25.9 Å². The number of rotatable bonds is 6. The molecule has 116 valence electrons. The first-order valence-corrected chi connectivity index (χ1v) is 8.16. The molecule has 0 radical (unpaired) electrons. The van der Waals surface area contributed by atoms with Gasteiger partial charge in [-0.2, -0.15) is 0 Å². The highest BCUT2D eigenvalue weighted by Gasteiger charge is 2.11. The van der Waals surface area contributed by atoms with Crippen molar-refractivity contribution in [3.05, 3.63) is 48.0 Å². The van der Waals surface area contributed by atoms with Gasteiger partial charge in [0.2, 0.25) is 0 Å². The Kier molecular flexibility index (Phi) is 5.72. The van der Waals surface area contributed by atoms with Crippen LogP contribution >= 0.6 is 11.8 Å². The molecule has 0 bridgehead atoms. The van der Waals surface area contributed by atoms with Crippen molar-refractivity contribution < 1.29 is 14.3 Å². The quantitative estimate of drug-likeness (QED) is 0.816. The van der Waals surface area contributed by atoms with E-state index in [1.807, 2.05) is 37.4 Å². The second-order valence-corrected chi connectivity index (χ2v) is 5.36. The molecule has 0 fully saturated rings. The van der Waals surface area contributed by atoms with Crippen LogP contribution in [0, 0.1) is 0 Å². The van der Waals surface area contributed by atoms with Gasteiger partial charge in [-0.3, -0.25) is 4.79 Å². The summed E-state index contributed by atoms with van der Waals surface area (Å²) in [5.74, 6) is 0.997. The summed E-state index contributed by atoms with van der Waals surface area (Å²) in [5.41, 5.74) is 1.28. The Labute approximate surface area is 134 Å². The van der Waals surface area contributed by atoms with Crippen LogP contribution in [-0.2, 0) is 0 Å². The van der Waals surface area contributed by atoms with E-state index in [1.165, 1.54) is 0 Å². The Morgan fingerprint density at radius 3 is 2.45 bits per heavy atom. The average Bonchev–Trinajstić information content (AvgIpc) is 2.56. The van der Waals surface area contributed by atoms with Gasteiger partial charge in [0.1, 0.15) is 0 Å². The van der Waals surface area contributed by atoms with Crippen molar-refractivity contribution in [3.63, 3.8) is 0 Å². The Bertz CT molecular complexity index is 641. The fourth-order valence-corrected chi connectivity index (χ4v) is 2.37. The molecule has 0 atom stereocenters. The fraction of sp³-hybridized carbons (Fsp3) is 0.235. The molecular weight excluding hydrogens is 298 g/mol. The van der Waals surface area contributed by atoms with Crippen molar-refractivity contribution in [2.75, 3.05) is 25.3 Å². The summed E-state index contributed by atoms with van der Waals surface area (Å²) in [4.78, 5) is 13.4. The second kappa shape index (κ2) is 7.75. The summed E-state index contributed by atoms with van der Waals surface area (Å²) in [6.07, 6.45) is 2.01. The predicted molar refractivity (Wildman–Crippen MR) is 90.3 cm³/mol. The largest absolute Gasteiger partial charge is 0.493 e. The molecule has 0 spiro atoms. The minimum Gasteiger partial charge on any atom is -0.493 e. The molecule has 0 unspecified atom stereocenters. The molecule has 0 heterocycles. The van der Waals surface area contributed by atoms with Gasteiger partial charge < -0.3 is 14.8 Å². The molecule has 22 heavy (non-hydrogen) atoms. The highest BCUT2D eigenvalue weighted by atomic mass is 32.2. The molecule has 0 saturated heterocycles. The van der Waals surface area contributed by atoms with Gasteiger partial charge in [0, 0.05) is 16.1 Å². The Morgan fingerprint density at radius 2 is 1.86 bits per heavy atom. The van der Waals surface area contributed by atoms with Crippen LogP contribution in [0.5, 0.6) is 11.5 Å². The number of methoxy groups -OCH3 is 1. The van der Waals surface area contributed by atoms with E-state index in [0.717, 1.165) is 10.6 Å². The van der Waals surface area contributed by atoms with Crippen molar-refractivity contribution in [1.29, 1.82) is 0 Å². The van der Waals surface area contributed by atoms with Gasteiger partial charge in [0.05, 0.1) is 13.7 Å². The molecule has 0 aliphatic rings. The first-order valence-electron chi connectivity index (χ1n) is 6.94. The molecule has 1 N–H and O–H groups in total. The van der Waals surface area contributed by atoms with Gasteiger partial charge in [-0.25, -0.2) is 0 Å². The summed E-state index contributed by atoms with van der Waals surface area (Å²) in [6, 6.07) is 12.9. The summed E-state index contributed by atoms with van der Waals surface area (Å²) in [6.45, 7) is 2.45. The standard InChI is InChI=1S/C17H19NO3S/c1-4-21-15-10-5-12(11-16(15)20-2)17(19)18-13-6-8-14(22-3)9-7-13/h5-11H,4H2,1-3H3,(H,18,19). The van der Waals surface area contributed by atoms with Gasteiger partial charge >= 0.3 is 0 Å². The summed E-state index contributed by atoms with van der Waals surface area (Å²) < 4.78 is 10.7. The van der Waals surface area contributed by atoms with Crippen LogP contribution in [0.1, 0.15) is 17.3 Å². The molecule has 0 saturated carbocycles. The predicted octanol–water partition coefficient (Wildman–Crippen LogP) is 4.07. The number of hydrogen-bond acceptors (Lipinski definition) is 4. The summed E-state index contributed by atoms with van der Waals surface area (Å²) in [5, 5.41) is 2.87. The van der Waals surface area contributed by atoms with E-state index in [2.05, 4.69) is 5.32 Å². The van der Waals surface area contributed by atoms with E-state index in [4.69, 9.17) is 9.47 Å². The zero-order valence-electron chi connectivity index (χ0n) is 12.9.